The van der Waals surface area contributed by atoms with Crippen LogP contribution in [-0.4, -0.2) is 57.7 Å². The first-order valence-electron chi connectivity index (χ1n) is 8.42. The zero-order chi connectivity index (χ0) is 16.8. The number of hydrogen-bond donors (Lipinski definition) is 0. The van der Waals surface area contributed by atoms with E-state index in [1.807, 2.05) is 46.1 Å². The number of amides is 2. The Bertz CT molecular complexity index is 754. The molecule has 1 aliphatic carbocycles. The van der Waals surface area contributed by atoms with Crippen molar-refractivity contribution in [3.05, 3.63) is 23.5 Å². The molecule has 3 atom stereocenters. The number of likely N-dealkylation sites (N-methyl/N-ethyl adjacent to an activating group) is 1. The third kappa shape index (κ3) is 2.70. The number of piperidine rings is 1. The van der Waals surface area contributed by atoms with Crippen LogP contribution in [0.5, 0.6) is 0 Å². The molecule has 6 nitrogen and oxygen atoms in total. The van der Waals surface area contributed by atoms with E-state index < -0.39 is 0 Å². The molecule has 0 radical (unpaired) electrons. The first kappa shape index (κ1) is 15.6. The number of aromatic nitrogens is 2. The van der Waals surface area contributed by atoms with Crippen LogP contribution in [0.1, 0.15) is 25.0 Å². The minimum atomic E-state index is 0.115. The average Bonchev–Trinajstić information content (AvgIpc) is 3.21. The van der Waals surface area contributed by atoms with E-state index in [1.54, 1.807) is 11.3 Å². The molecule has 0 spiro atoms. The molecule has 24 heavy (non-hydrogen) atoms. The van der Waals surface area contributed by atoms with Gasteiger partial charge in [0.2, 0.25) is 11.8 Å². The van der Waals surface area contributed by atoms with Gasteiger partial charge in [0.1, 0.15) is 0 Å². The summed E-state index contributed by atoms with van der Waals surface area (Å²) in [6.07, 6.45) is 6.82. The van der Waals surface area contributed by atoms with Crippen LogP contribution in [0, 0.1) is 11.8 Å². The maximum Gasteiger partial charge on any atom is 0.228 e. The summed E-state index contributed by atoms with van der Waals surface area (Å²) in [4.78, 5) is 33.7. The van der Waals surface area contributed by atoms with Crippen molar-refractivity contribution >= 4 is 28.1 Å². The van der Waals surface area contributed by atoms with Crippen molar-refractivity contribution in [2.45, 2.75) is 31.7 Å². The molecule has 2 aromatic heterocycles. The average molecular weight is 346 g/mol. The van der Waals surface area contributed by atoms with Gasteiger partial charge in [0.05, 0.1) is 12.1 Å². The molecule has 2 aromatic rings. The molecule has 7 heteroatoms. The number of carbonyl (C=O) groups excluding carboxylic acids is 2. The van der Waals surface area contributed by atoms with Crippen molar-refractivity contribution in [1.82, 2.24) is 19.2 Å². The Morgan fingerprint density at radius 1 is 1.42 bits per heavy atom. The summed E-state index contributed by atoms with van der Waals surface area (Å²) in [6, 6.07) is 0.246. The van der Waals surface area contributed by atoms with Crippen molar-refractivity contribution in [3.8, 4) is 0 Å². The second-order valence-electron chi connectivity index (χ2n) is 7.13. The van der Waals surface area contributed by atoms with Gasteiger partial charge in [-0.3, -0.25) is 14.0 Å². The molecule has 128 valence electrons. The molecule has 2 aliphatic rings. The first-order chi connectivity index (χ1) is 11.5. The lowest BCUT2D eigenvalue weighted by Gasteiger charge is -2.31. The van der Waals surface area contributed by atoms with Gasteiger partial charge in [-0.05, 0) is 24.7 Å². The zero-order valence-corrected chi connectivity index (χ0v) is 14.8. The fraction of sp³-hybridized carbons (Fsp3) is 0.588. The van der Waals surface area contributed by atoms with Crippen LogP contribution >= 0.6 is 11.3 Å². The lowest BCUT2D eigenvalue weighted by Crippen LogP contribution is -2.40. The second-order valence-corrected chi connectivity index (χ2v) is 8.00. The monoisotopic (exact) mass is 346 g/mol. The predicted octanol–water partition coefficient (Wildman–Crippen LogP) is 1.65. The summed E-state index contributed by atoms with van der Waals surface area (Å²) in [5.74, 6) is 1.32. The number of thiazole rings is 1. The molecule has 0 unspecified atom stereocenters. The van der Waals surface area contributed by atoms with Gasteiger partial charge in [-0.1, -0.05) is 0 Å². The fourth-order valence-corrected chi connectivity index (χ4v) is 4.87. The minimum absolute atomic E-state index is 0.115. The van der Waals surface area contributed by atoms with Gasteiger partial charge in [0.15, 0.2) is 4.96 Å². The van der Waals surface area contributed by atoms with E-state index in [0.29, 0.717) is 24.7 Å². The summed E-state index contributed by atoms with van der Waals surface area (Å²) >= 11 is 1.57. The largest absolute Gasteiger partial charge is 0.345 e. The molecule has 0 bridgehead atoms. The van der Waals surface area contributed by atoms with Gasteiger partial charge in [0.25, 0.3) is 0 Å². The highest BCUT2D eigenvalue weighted by Gasteiger charge is 2.42. The number of rotatable bonds is 3. The van der Waals surface area contributed by atoms with Crippen LogP contribution in [0.3, 0.4) is 0 Å². The van der Waals surface area contributed by atoms with Crippen LogP contribution in [0.25, 0.3) is 4.96 Å². The Balaban J connectivity index is 1.40. The van der Waals surface area contributed by atoms with Crippen molar-refractivity contribution in [2.24, 2.45) is 11.8 Å². The van der Waals surface area contributed by atoms with Crippen LogP contribution in [0.15, 0.2) is 17.8 Å². The summed E-state index contributed by atoms with van der Waals surface area (Å²) in [5, 5.41) is 1.98. The Labute approximate surface area is 145 Å². The van der Waals surface area contributed by atoms with E-state index in [2.05, 4.69) is 4.98 Å². The second kappa shape index (κ2) is 5.88. The smallest absolute Gasteiger partial charge is 0.228 e. The van der Waals surface area contributed by atoms with Crippen molar-refractivity contribution in [1.29, 1.82) is 0 Å². The zero-order valence-electron chi connectivity index (χ0n) is 14.0. The van der Waals surface area contributed by atoms with E-state index in [0.717, 1.165) is 30.0 Å². The maximum absolute atomic E-state index is 12.6. The molecule has 2 fully saturated rings. The van der Waals surface area contributed by atoms with Crippen molar-refractivity contribution < 1.29 is 9.59 Å². The number of imidazole rings is 1. The Morgan fingerprint density at radius 3 is 3.00 bits per heavy atom. The first-order valence-corrected chi connectivity index (χ1v) is 9.30. The van der Waals surface area contributed by atoms with E-state index in [4.69, 9.17) is 0 Å². The minimum Gasteiger partial charge on any atom is -0.345 e. The number of hydrogen-bond acceptors (Lipinski definition) is 4. The third-order valence-corrected chi connectivity index (χ3v) is 6.37. The molecular formula is C17H22N4O2S. The summed E-state index contributed by atoms with van der Waals surface area (Å²) in [5.41, 5.74) is 0.823. The normalized spacial score (nSPS) is 26.8. The lowest BCUT2D eigenvalue weighted by molar-refractivity contribution is -0.135. The molecule has 1 aliphatic heterocycles. The Hall–Kier alpha value is -1.89. The summed E-state index contributed by atoms with van der Waals surface area (Å²) in [7, 11) is 3.78. The third-order valence-electron chi connectivity index (χ3n) is 5.60. The van der Waals surface area contributed by atoms with Gasteiger partial charge in [-0.15, -0.1) is 11.3 Å². The Kier molecular flexibility index (Phi) is 3.83. The maximum atomic E-state index is 12.6. The standard InChI is InChI=1S/C17H22N4O2S/c1-19-9-12-6-14(5-11(12)7-15(19)22)20(2)16(23)8-13-10-21-3-4-24-17(21)18-13/h3-4,10-12,14H,5-9H2,1-2H3/t11-,12+,14-/m0/s1. The number of fused-ring (bicyclic) bond motifs is 2. The quantitative estimate of drug-likeness (QED) is 0.849. The topological polar surface area (TPSA) is 57.9 Å². The van der Waals surface area contributed by atoms with Crippen LogP contribution < -0.4 is 0 Å². The molecule has 0 N–H and O–H groups in total. The van der Waals surface area contributed by atoms with Gasteiger partial charge < -0.3 is 9.80 Å². The van der Waals surface area contributed by atoms with Gasteiger partial charge >= 0.3 is 0 Å². The van der Waals surface area contributed by atoms with Gasteiger partial charge in [0, 0.05) is 50.9 Å². The number of likely N-dealkylation sites (tertiary alicyclic amines) is 1. The number of nitrogens with zero attached hydrogens (tertiary/aromatic N) is 4. The molecule has 1 saturated carbocycles. The van der Waals surface area contributed by atoms with Gasteiger partial charge in [-0.2, -0.15) is 0 Å². The van der Waals surface area contributed by atoms with Crippen LogP contribution in [-0.2, 0) is 16.0 Å². The lowest BCUT2D eigenvalue weighted by atomic mass is 9.88. The van der Waals surface area contributed by atoms with Crippen molar-refractivity contribution in [2.75, 3.05) is 20.6 Å². The van der Waals surface area contributed by atoms with Gasteiger partial charge in [-0.25, -0.2) is 4.98 Å². The highest BCUT2D eigenvalue weighted by atomic mass is 32.1. The molecular weight excluding hydrogens is 324 g/mol. The highest BCUT2D eigenvalue weighted by molar-refractivity contribution is 7.15. The summed E-state index contributed by atoms with van der Waals surface area (Å²) < 4.78 is 1.96. The number of carbonyl (C=O) groups is 2. The molecule has 1 saturated heterocycles. The van der Waals surface area contributed by atoms with E-state index >= 15 is 0 Å². The summed E-state index contributed by atoms with van der Waals surface area (Å²) in [6.45, 7) is 0.833. The van der Waals surface area contributed by atoms with E-state index in [1.165, 1.54) is 0 Å². The van der Waals surface area contributed by atoms with Crippen molar-refractivity contribution in [3.63, 3.8) is 0 Å². The highest BCUT2D eigenvalue weighted by Crippen LogP contribution is 2.40. The fourth-order valence-electron chi connectivity index (χ4n) is 4.15. The van der Waals surface area contributed by atoms with Crippen LogP contribution in [0.2, 0.25) is 0 Å². The predicted molar refractivity (Wildman–Crippen MR) is 91.8 cm³/mol. The van der Waals surface area contributed by atoms with E-state index in [9.17, 15) is 9.59 Å². The molecule has 4 rings (SSSR count). The molecule has 3 heterocycles. The molecule has 2 amide bonds. The molecule has 0 aromatic carbocycles. The Morgan fingerprint density at radius 2 is 2.21 bits per heavy atom. The van der Waals surface area contributed by atoms with Crippen LogP contribution in [0.4, 0.5) is 0 Å². The van der Waals surface area contributed by atoms with E-state index in [-0.39, 0.29) is 17.9 Å². The SMILES string of the molecule is CN1C[C@H]2C[C@@H](N(C)C(=O)Cc3cn4ccsc4n3)C[C@H]2CC1=O.